The van der Waals surface area contributed by atoms with Gasteiger partial charge < -0.3 is 4.90 Å². The Morgan fingerprint density at radius 2 is 2.24 bits per heavy atom. The molecule has 1 N–H and O–H groups in total. The van der Waals surface area contributed by atoms with Gasteiger partial charge in [-0.1, -0.05) is 13.8 Å². The molecule has 1 rings (SSSR count). The lowest BCUT2D eigenvalue weighted by atomic mass is 9.99. The van der Waals surface area contributed by atoms with Gasteiger partial charge in [0.15, 0.2) is 0 Å². The van der Waals surface area contributed by atoms with Gasteiger partial charge in [-0.3, -0.25) is 5.32 Å². The van der Waals surface area contributed by atoms with Gasteiger partial charge in [0.25, 0.3) is 0 Å². The molecule has 0 radical (unpaired) electrons. The number of likely N-dealkylation sites (tertiary alicyclic amines) is 1. The third-order valence-electron chi connectivity index (χ3n) is 3.88. The molecular weight excluding hydrogens is 210 g/mol. The number of nitrogens with one attached hydrogen (secondary N) is 1. The average molecular weight is 237 g/mol. The van der Waals surface area contributed by atoms with Gasteiger partial charge in [0.2, 0.25) is 0 Å². The van der Waals surface area contributed by atoms with Gasteiger partial charge in [-0.2, -0.15) is 5.26 Å². The molecule has 0 aromatic rings. The van der Waals surface area contributed by atoms with Gasteiger partial charge in [-0.15, -0.1) is 0 Å². The first-order valence-corrected chi connectivity index (χ1v) is 7.05. The topological polar surface area (TPSA) is 39.1 Å². The van der Waals surface area contributed by atoms with Crippen molar-refractivity contribution in [2.24, 2.45) is 0 Å². The smallest absolute Gasteiger partial charge is 0.105 e. The summed E-state index contributed by atoms with van der Waals surface area (Å²) < 4.78 is 0. The minimum atomic E-state index is -0.350. The molecule has 2 unspecified atom stereocenters. The Hall–Kier alpha value is -0.590. The summed E-state index contributed by atoms with van der Waals surface area (Å²) in [5, 5.41) is 12.6. The molecule has 3 heteroatoms. The van der Waals surface area contributed by atoms with Crippen LogP contribution in [0.15, 0.2) is 0 Å². The van der Waals surface area contributed by atoms with Crippen LogP contribution in [0.2, 0.25) is 0 Å². The molecule has 2 atom stereocenters. The third kappa shape index (κ3) is 4.29. The van der Waals surface area contributed by atoms with Gasteiger partial charge in [0, 0.05) is 12.6 Å². The van der Waals surface area contributed by atoms with E-state index in [-0.39, 0.29) is 5.54 Å². The Balaban J connectivity index is 2.39. The van der Waals surface area contributed by atoms with Crippen LogP contribution >= 0.6 is 0 Å². The van der Waals surface area contributed by atoms with Crippen molar-refractivity contribution in [3.63, 3.8) is 0 Å². The summed E-state index contributed by atoms with van der Waals surface area (Å²) in [4.78, 5) is 2.56. The Labute approximate surface area is 106 Å². The van der Waals surface area contributed by atoms with Crippen LogP contribution < -0.4 is 5.32 Å². The highest BCUT2D eigenvalue weighted by molar-refractivity contribution is 5.04. The zero-order valence-corrected chi connectivity index (χ0v) is 11.6. The van der Waals surface area contributed by atoms with Crippen LogP contribution in [-0.4, -0.2) is 36.1 Å². The van der Waals surface area contributed by atoms with Crippen molar-refractivity contribution in [2.75, 3.05) is 19.6 Å². The molecular formula is C14H27N3. The van der Waals surface area contributed by atoms with Crippen LogP contribution in [0.25, 0.3) is 0 Å². The van der Waals surface area contributed by atoms with E-state index in [4.69, 9.17) is 0 Å². The first-order valence-electron chi connectivity index (χ1n) is 7.05. The number of nitrogens with zero attached hydrogens (tertiary/aromatic N) is 2. The molecule has 3 nitrogen and oxygen atoms in total. The molecule has 1 saturated heterocycles. The fraction of sp³-hybridized carbons (Fsp3) is 0.929. The summed E-state index contributed by atoms with van der Waals surface area (Å²) in [5.74, 6) is 0. The van der Waals surface area contributed by atoms with Crippen molar-refractivity contribution in [1.29, 1.82) is 5.26 Å². The highest BCUT2D eigenvalue weighted by Crippen LogP contribution is 2.21. The molecule has 0 aromatic carbocycles. The van der Waals surface area contributed by atoms with Crippen molar-refractivity contribution in [1.82, 2.24) is 10.2 Å². The Bertz CT molecular complexity index is 259. The van der Waals surface area contributed by atoms with Crippen molar-refractivity contribution in [3.05, 3.63) is 0 Å². The largest absolute Gasteiger partial charge is 0.300 e. The quantitative estimate of drug-likeness (QED) is 0.739. The molecule has 98 valence electrons. The van der Waals surface area contributed by atoms with Crippen LogP contribution in [0.1, 0.15) is 52.9 Å². The summed E-state index contributed by atoms with van der Waals surface area (Å²) in [7, 11) is 0. The number of nitriles is 1. The lowest BCUT2D eigenvalue weighted by Gasteiger charge is -2.29. The Kier molecular flexibility index (Phi) is 5.94. The van der Waals surface area contributed by atoms with Crippen molar-refractivity contribution >= 4 is 0 Å². The molecule has 1 fully saturated rings. The Morgan fingerprint density at radius 1 is 1.47 bits per heavy atom. The zero-order valence-electron chi connectivity index (χ0n) is 11.6. The molecule has 1 aliphatic rings. The second kappa shape index (κ2) is 6.98. The second-order valence-corrected chi connectivity index (χ2v) is 5.36. The highest BCUT2D eigenvalue weighted by atomic mass is 15.2. The standard InChI is InChI=1S/C14H27N3/c1-4-9-16-14(3,12-15)8-11-17-10-6-7-13(17)5-2/h13,16H,4-11H2,1-3H3. The van der Waals surface area contributed by atoms with Crippen molar-refractivity contribution < 1.29 is 0 Å². The van der Waals surface area contributed by atoms with Crippen LogP contribution in [0, 0.1) is 11.3 Å². The van der Waals surface area contributed by atoms with Gasteiger partial charge >= 0.3 is 0 Å². The SMILES string of the molecule is CCCNC(C)(C#N)CCN1CCCC1CC. The van der Waals surface area contributed by atoms with Crippen molar-refractivity contribution in [3.8, 4) is 6.07 Å². The van der Waals surface area contributed by atoms with E-state index >= 15 is 0 Å². The first kappa shape index (κ1) is 14.5. The third-order valence-corrected chi connectivity index (χ3v) is 3.88. The van der Waals surface area contributed by atoms with E-state index < -0.39 is 0 Å². The molecule has 1 aliphatic heterocycles. The lowest BCUT2D eigenvalue weighted by molar-refractivity contribution is 0.224. The number of rotatable bonds is 7. The minimum Gasteiger partial charge on any atom is -0.300 e. The van der Waals surface area contributed by atoms with Crippen LogP contribution in [0.5, 0.6) is 0 Å². The predicted molar refractivity (Wildman–Crippen MR) is 71.8 cm³/mol. The molecule has 0 spiro atoms. The maximum absolute atomic E-state index is 9.28. The molecule has 0 aliphatic carbocycles. The molecule has 0 amide bonds. The minimum absolute atomic E-state index is 0.350. The maximum atomic E-state index is 9.28. The Morgan fingerprint density at radius 3 is 2.82 bits per heavy atom. The van der Waals surface area contributed by atoms with E-state index in [0.717, 1.165) is 32.0 Å². The van der Waals surface area contributed by atoms with Crippen LogP contribution in [0.4, 0.5) is 0 Å². The molecule has 1 heterocycles. The van der Waals surface area contributed by atoms with E-state index in [1.807, 2.05) is 6.92 Å². The summed E-state index contributed by atoms with van der Waals surface area (Å²) >= 11 is 0. The molecule has 0 aromatic heterocycles. The zero-order chi connectivity index (χ0) is 12.7. The van der Waals surface area contributed by atoms with Crippen LogP contribution in [-0.2, 0) is 0 Å². The summed E-state index contributed by atoms with van der Waals surface area (Å²) in [6.07, 6.45) is 5.91. The number of hydrogen-bond acceptors (Lipinski definition) is 3. The van der Waals surface area contributed by atoms with E-state index in [9.17, 15) is 5.26 Å². The predicted octanol–water partition coefficient (Wildman–Crippen LogP) is 2.53. The first-order chi connectivity index (χ1) is 8.15. The van der Waals surface area contributed by atoms with Gasteiger partial charge in [-0.25, -0.2) is 0 Å². The lowest BCUT2D eigenvalue weighted by Crippen LogP contribution is -2.44. The van der Waals surface area contributed by atoms with E-state index in [1.165, 1.54) is 25.8 Å². The number of hydrogen-bond donors (Lipinski definition) is 1. The van der Waals surface area contributed by atoms with E-state index in [1.54, 1.807) is 0 Å². The van der Waals surface area contributed by atoms with Gasteiger partial charge in [0.1, 0.15) is 5.54 Å². The normalized spacial score (nSPS) is 24.5. The highest BCUT2D eigenvalue weighted by Gasteiger charge is 2.27. The second-order valence-electron chi connectivity index (χ2n) is 5.36. The van der Waals surface area contributed by atoms with Gasteiger partial charge in [0.05, 0.1) is 6.07 Å². The maximum Gasteiger partial charge on any atom is 0.105 e. The monoisotopic (exact) mass is 237 g/mol. The van der Waals surface area contributed by atoms with Gasteiger partial charge in [-0.05, 0) is 52.1 Å². The summed E-state index contributed by atoms with van der Waals surface area (Å²) in [6, 6.07) is 3.19. The molecule has 0 bridgehead atoms. The molecule has 0 saturated carbocycles. The fourth-order valence-corrected chi connectivity index (χ4v) is 2.60. The van der Waals surface area contributed by atoms with Crippen LogP contribution in [0.3, 0.4) is 0 Å². The summed E-state index contributed by atoms with van der Waals surface area (Å²) in [6.45, 7) is 9.63. The fourth-order valence-electron chi connectivity index (χ4n) is 2.60. The summed E-state index contributed by atoms with van der Waals surface area (Å²) in [5.41, 5.74) is -0.350. The molecule has 17 heavy (non-hydrogen) atoms. The van der Waals surface area contributed by atoms with E-state index in [2.05, 4.69) is 30.1 Å². The van der Waals surface area contributed by atoms with E-state index in [0.29, 0.717) is 0 Å². The van der Waals surface area contributed by atoms with Crippen molar-refractivity contribution in [2.45, 2.75) is 64.5 Å². The average Bonchev–Trinajstić information content (AvgIpc) is 2.81.